The minimum absolute atomic E-state index is 0.360. The first-order valence-corrected chi connectivity index (χ1v) is 20.1. The van der Waals surface area contributed by atoms with Crippen LogP contribution in [-0.2, 0) is 29.9 Å². The molecule has 3 rings (SSSR count). The highest BCUT2D eigenvalue weighted by molar-refractivity contribution is 5.92. The Bertz CT molecular complexity index is 1720. The molecule has 314 valence electrons. The minimum Gasteiger partial charge on any atom is -0.494 e. The molecule has 0 heterocycles. The van der Waals surface area contributed by atoms with Crippen LogP contribution >= 0.6 is 0 Å². The predicted octanol–water partition coefficient (Wildman–Crippen LogP) is 10.8. The van der Waals surface area contributed by atoms with Gasteiger partial charge in [0.2, 0.25) is 0 Å². The van der Waals surface area contributed by atoms with Gasteiger partial charge in [-0.3, -0.25) is 0 Å². The van der Waals surface area contributed by atoms with Crippen molar-refractivity contribution in [2.45, 2.75) is 118 Å². The molecule has 10 nitrogen and oxygen atoms in total. The van der Waals surface area contributed by atoms with Gasteiger partial charge in [0.15, 0.2) is 0 Å². The fourth-order valence-electron chi connectivity index (χ4n) is 5.66. The molecule has 0 N–H and O–H groups in total. The van der Waals surface area contributed by atoms with E-state index in [4.69, 9.17) is 28.4 Å². The summed E-state index contributed by atoms with van der Waals surface area (Å²) in [6.07, 6.45) is 6.97. The zero-order valence-corrected chi connectivity index (χ0v) is 35.8. The lowest BCUT2D eigenvalue weighted by Crippen LogP contribution is -2.21. The Hall–Kier alpha value is -5.38. The van der Waals surface area contributed by atoms with Gasteiger partial charge in [-0.15, -0.1) is 0 Å². The fraction of sp³-hybridized carbons (Fsp3) is 0.458. The monoisotopic (exact) mass is 798 g/mol. The number of unbranched alkanes of at least 4 members (excludes halogenated alkanes) is 6. The van der Waals surface area contributed by atoms with E-state index in [9.17, 15) is 19.2 Å². The van der Waals surface area contributed by atoms with E-state index in [0.717, 1.165) is 51.4 Å². The normalized spacial score (nSPS) is 11.3. The van der Waals surface area contributed by atoms with Crippen molar-refractivity contribution in [2.24, 2.45) is 0 Å². The molecule has 0 aliphatic heterocycles. The Morgan fingerprint density at radius 2 is 0.793 bits per heavy atom. The third kappa shape index (κ3) is 15.9. The number of hydrogen-bond acceptors (Lipinski definition) is 10. The van der Waals surface area contributed by atoms with Crippen molar-refractivity contribution in [3.05, 3.63) is 107 Å². The average molecular weight is 799 g/mol. The quantitative estimate of drug-likeness (QED) is 0.0420. The van der Waals surface area contributed by atoms with Crippen LogP contribution in [-0.4, -0.2) is 50.3 Å². The minimum atomic E-state index is -0.516. The van der Waals surface area contributed by atoms with Crippen molar-refractivity contribution in [1.29, 1.82) is 0 Å². The number of rotatable bonds is 22. The largest absolute Gasteiger partial charge is 0.494 e. The van der Waals surface area contributed by atoms with Gasteiger partial charge < -0.3 is 28.4 Å². The summed E-state index contributed by atoms with van der Waals surface area (Å²) in [4.78, 5) is 49.8. The molecule has 0 aliphatic carbocycles. The summed E-state index contributed by atoms with van der Waals surface area (Å²) in [7, 11) is 0. The van der Waals surface area contributed by atoms with Crippen LogP contribution in [0.15, 0.2) is 85.0 Å². The van der Waals surface area contributed by atoms with E-state index in [1.54, 1.807) is 74.5 Å². The Kier molecular flexibility index (Phi) is 18.3. The first-order valence-electron chi connectivity index (χ1n) is 20.1. The molecule has 0 bridgehead atoms. The van der Waals surface area contributed by atoms with E-state index in [1.165, 1.54) is 0 Å². The van der Waals surface area contributed by atoms with Crippen molar-refractivity contribution in [3.8, 4) is 23.0 Å². The van der Waals surface area contributed by atoms with Crippen LogP contribution in [0, 0.1) is 0 Å². The number of benzene rings is 3. The maximum absolute atomic E-state index is 13.5. The van der Waals surface area contributed by atoms with Gasteiger partial charge in [-0.05, 0) is 137 Å². The van der Waals surface area contributed by atoms with E-state index >= 15 is 0 Å². The van der Waals surface area contributed by atoms with Crippen molar-refractivity contribution in [3.63, 3.8) is 0 Å². The van der Waals surface area contributed by atoms with Gasteiger partial charge >= 0.3 is 23.9 Å². The lowest BCUT2D eigenvalue weighted by molar-refractivity contribution is -0.139. The topological polar surface area (TPSA) is 124 Å². The van der Waals surface area contributed by atoms with Gasteiger partial charge in [-0.25, -0.2) is 19.2 Å². The highest BCUT2D eigenvalue weighted by Gasteiger charge is 2.29. The number of carbonyl (C=O) groups excluding carboxylic acids is 4. The molecule has 0 unspecified atom stereocenters. The first-order chi connectivity index (χ1) is 27.4. The second-order valence-corrected chi connectivity index (χ2v) is 16.5. The van der Waals surface area contributed by atoms with Crippen LogP contribution in [0.1, 0.15) is 139 Å². The van der Waals surface area contributed by atoms with E-state index < -0.39 is 22.8 Å². The van der Waals surface area contributed by atoms with Crippen molar-refractivity contribution >= 4 is 23.9 Å². The average Bonchev–Trinajstić information content (AvgIpc) is 3.16. The lowest BCUT2D eigenvalue weighted by Gasteiger charge is -2.28. The fourth-order valence-corrected chi connectivity index (χ4v) is 5.66. The highest BCUT2D eigenvalue weighted by atomic mass is 16.5. The molecule has 3 aromatic carbocycles. The third-order valence-electron chi connectivity index (χ3n) is 9.06. The SMILES string of the molecule is C=C(C)C(=O)OCCCCCCOc1ccc(C(=O)Oc2cc(C(C)(C)C)c(OC(=O)c3ccc(OCCCCCCOC(=O)C(=C)C)cc3)cc2C(C)(C)C)cc1. The van der Waals surface area contributed by atoms with Crippen molar-refractivity contribution < 1.29 is 47.6 Å². The highest BCUT2D eigenvalue weighted by Crippen LogP contribution is 2.42. The lowest BCUT2D eigenvalue weighted by atomic mass is 9.81. The van der Waals surface area contributed by atoms with E-state index in [-0.39, 0.29) is 11.9 Å². The maximum atomic E-state index is 13.5. The summed E-state index contributed by atoms with van der Waals surface area (Å²) in [5.74, 6) is 0.330. The molecule has 0 radical (unpaired) electrons. The summed E-state index contributed by atoms with van der Waals surface area (Å²) in [5.41, 5.74) is 2.04. The number of esters is 4. The van der Waals surface area contributed by atoms with Gasteiger partial charge in [0.05, 0.1) is 37.6 Å². The van der Waals surface area contributed by atoms with Crippen LogP contribution in [0.4, 0.5) is 0 Å². The molecule has 3 aromatic rings. The summed E-state index contributed by atoms with van der Waals surface area (Å²) in [6, 6.07) is 17.3. The van der Waals surface area contributed by atoms with Gasteiger partial charge in [-0.2, -0.15) is 0 Å². The molecule has 58 heavy (non-hydrogen) atoms. The van der Waals surface area contributed by atoms with E-state index in [0.29, 0.717) is 82.8 Å². The second kappa shape index (κ2) is 22.5. The molecule has 10 heteroatoms. The van der Waals surface area contributed by atoms with Crippen LogP contribution < -0.4 is 18.9 Å². The first kappa shape index (κ1) is 47.0. The summed E-state index contributed by atoms with van der Waals surface area (Å²) >= 11 is 0. The van der Waals surface area contributed by atoms with Crippen LogP contribution in [0.2, 0.25) is 0 Å². The Balaban J connectivity index is 1.59. The zero-order valence-electron chi connectivity index (χ0n) is 35.8. The predicted molar refractivity (Wildman–Crippen MR) is 226 cm³/mol. The molecule has 0 spiro atoms. The second-order valence-electron chi connectivity index (χ2n) is 16.5. The van der Waals surface area contributed by atoms with Crippen LogP contribution in [0.25, 0.3) is 0 Å². The smallest absolute Gasteiger partial charge is 0.343 e. The number of carbonyl (C=O) groups is 4. The molecular formula is C48H62O10. The van der Waals surface area contributed by atoms with Gasteiger partial charge in [0, 0.05) is 22.3 Å². The van der Waals surface area contributed by atoms with E-state index in [1.807, 2.05) is 41.5 Å². The van der Waals surface area contributed by atoms with Gasteiger partial charge in [0.25, 0.3) is 0 Å². The maximum Gasteiger partial charge on any atom is 0.343 e. The Morgan fingerprint density at radius 1 is 0.483 bits per heavy atom. The summed E-state index contributed by atoms with van der Waals surface area (Å²) < 4.78 is 34.1. The summed E-state index contributed by atoms with van der Waals surface area (Å²) in [6.45, 7) is 24.3. The van der Waals surface area contributed by atoms with Crippen LogP contribution in [0.5, 0.6) is 23.0 Å². The molecule has 0 fully saturated rings. The molecule has 0 aromatic heterocycles. The van der Waals surface area contributed by atoms with Gasteiger partial charge in [0.1, 0.15) is 23.0 Å². The van der Waals surface area contributed by atoms with Gasteiger partial charge in [-0.1, -0.05) is 54.7 Å². The van der Waals surface area contributed by atoms with Crippen LogP contribution in [0.3, 0.4) is 0 Å². The molecular weight excluding hydrogens is 737 g/mol. The Morgan fingerprint density at radius 3 is 1.09 bits per heavy atom. The molecule has 0 saturated carbocycles. The molecule has 0 aliphatic rings. The third-order valence-corrected chi connectivity index (χ3v) is 9.06. The standard InChI is InChI=1S/C48H62O10/c1-33(2)43(49)55-29-17-13-11-15-27-53-37-23-19-35(20-24-37)45(51)57-41-31-40(48(8,9)10)42(32-39(41)47(5,6)7)58-46(52)36-21-25-38(26-22-36)54-28-16-12-14-18-30-56-44(50)34(3)4/h19-26,31-32H,1,3,11-18,27-30H2,2,4-10H3. The molecule has 0 atom stereocenters. The van der Waals surface area contributed by atoms with Crippen molar-refractivity contribution in [1.82, 2.24) is 0 Å². The summed E-state index contributed by atoms with van der Waals surface area (Å²) in [5, 5.41) is 0. The van der Waals surface area contributed by atoms with Crippen molar-refractivity contribution in [2.75, 3.05) is 26.4 Å². The van der Waals surface area contributed by atoms with E-state index in [2.05, 4.69) is 13.2 Å². The molecule has 0 saturated heterocycles. The molecule has 0 amide bonds. The number of ether oxygens (including phenoxy) is 6. The number of hydrogen-bond donors (Lipinski definition) is 0. The zero-order chi connectivity index (χ0) is 42.9. The Labute approximate surface area is 344 Å².